The Bertz CT molecular complexity index is 355. The predicted octanol–water partition coefficient (Wildman–Crippen LogP) is 2.15. The fourth-order valence-corrected chi connectivity index (χ4v) is 3.02. The van der Waals surface area contributed by atoms with Gasteiger partial charge in [-0.2, -0.15) is 0 Å². The van der Waals surface area contributed by atoms with Gasteiger partial charge >= 0.3 is 0 Å². The normalized spacial score (nSPS) is 28.2. The molecule has 0 radical (unpaired) electrons. The summed E-state index contributed by atoms with van der Waals surface area (Å²) >= 11 is 0. The highest BCUT2D eigenvalue weighted by Crippen LogP contribution is 2.31. The van der Waals surface area contributed by atoms with Crippen LogP contribution in [0.4, 0.5) is 0 Å². The van der Waals surface area contributed by atoms with Crippen LogP contribution in [0.5, 0.6) is 0 Å². The smallest absolute Gasteiger partial charge is 0.0613 e. The molecule has 100 valence electrons. The van der Waals surface area contributed by atoms with Crippen LogP contribution in [0, 0.1) is 5.92 Å². The molecule has 3 heteroatoms. The zero-order valence-electron chi connectivity index (χ0n) is 11.2. The number of nitrogens with zero attached hydrogens (tertiary/aromatic N) is 1. The number of pyridine rings is 1. The fraction of sp³-hybridized carbons (Fsp3) is 0.667. The monoisotopic (exact) mass is 248 g/mol. The Labute approximate surface area is 110 Å². The molecule has 1 saturated carbocycles. The van der Waals surface area contributed by atoms with E-state index in [1.54, 1.807) is 0 Å². The van der Waals surface area contributed by atoms with E-state index in [-0.39, 0.29) is 12.1 Å². The number of hydrogen-bond acceptors (Lipinski definition) is 3. The van der Waals surface area contributed by atoms with Gasteiger partial charge in [0.15, 0.2) is 0 Å². The highest BCUT2D eigenvalue weighted by molar-refractivity contribution is 5.04. The highest BCUT2D eigenvalue weighted by atomic mass is 16.3. The van der Waals surface area contributed by atoms with E-state index >= 15 is 0 Å². The largest absolute Gasteiger partial charge is 0.394 e. The molecule has 1 heterocycles. The quantitative estimate of drug-likeness (QED) is 0.839. The van der Waals surface area contributed by atoms with Crippen LogP contribution >= 0.6 is 0 Å². The number of aliphatic hydroxyl groups excluding tert-OH is 1. The molecule has 1 aromatic heterocycles. The Balaban J connectivity index is 1.83. The van der Waals surface area contributed by atoms with Crippen molar-refractivity contribution in [3.8, 4) is 0 Å². The molecule has 0 saturated heterocycles. The summed E-state index contributed by atoms with van der Waals surface area (Å²) in [4.78, 5) is 4.32. The van der Waals surface area contributed by atoms with E-state index in [1.807, 2.05) is 18.3 Å². The molecule has 1 aliphatic carbocycles. The van der Waals surface area contributed by atoms with Crippen molar-refractivity contribution in [3.05, 3.63) is 30.1 Å². The van der Waals surface area contributed by atoms with E-state index in [1.165, 1.54) is 12.8 Å². The Hall–Kier alpha value is -0.930. The first kappa shape index (κ1) is 13.5. The molecule has 1 aromatic rings. The molecule has 0 aromatic carbocycles. The molecule has 0 amide bonds. The maximum Gasteiger partial charge on any atom is 0.0613 e. The summed E-state index contributed by atoms with van der Waals surface area (Å²) in [5.41, 5.74) is 1.06. The van der Waals surface area contributed by atoms with E-state index in [0.29, 0.717) is 5.92 Å². The highest BCUT2D eigenvalue weighted by Gasteiger charge is 2.33. The fourth-order valence-electron chi connectivity index (χ4n) is 3.02. The van der Waals surface area contributed by atoms with E-state index in [2.05, 4.69) is 23.3 Å². The molecule has 3 nitrogen and oxygen atoms in total. The standard InChI is InChI=1S/C15H24N2O/c1-13-5-4-8-15(11-13,12-18)17-10-7-14-6-2-3-9-16-14/h2-3,6,9,13,17-18H,4-5,7-8,10-12H2,1H3. The van der Waals surface area contributed by atoms with Crippen molar-refractivity contribution >= 4 is 0 Å². The Kier molecular flexibility index (Phi) is 4.72. The van der Waals surface area contributed by atoms with Crippen molar-refractivity contribution in [1.82, 2.24) is 10.3 Å². The van der Waals surface area contributed by atoms with Crippen LogP contribution in [0.3, 0.4) is 0 Å². The molecular formula is C15H24N2O. The summed E-state index contributed by atoms with van der Waals surface area (Å²) in [6, 6.07) is 6.01. The zero-order valence-corrected chi connectivity index (χ0v) is 11.2. The maximum absolute atomic E-state index is 9.68. The third-order valence-electron chi connectivity index (χ3n) is 4.00. The lowest BCUT2D eigenvalue weighted by molar-refractivity contribution is 0.100. The minimum atomic E-state index is -0.0492. The average Bonchev–Trinajstić information content (AvgIpc) is 2.40. The molecule has 2 N–H and O–H groups in total. The first-order valence-corrected chi connectivity index (χ1v) is 7.00. The summed E-state index contributed by atoms with van der Waals surface area (Å²) in [6.07, 6.45) is 7.46. The van der Waals surface area contributed by atoms with E-state index in [0.717, 1.165) is 31.5 Å². The average molecular weight is 248 g/mol. The van der Waals surface area contributed by atoms with Crippen LogP contribution < -0.4 is 5.32 Å². The van der Waals surface area contributed by atoms with Gasteiger partial charge in [-0.15, -0.1) is 0 Å². The van der Waals surface area contributed by atoms with Gasteiger partial charge in [0, 0.05) is 30.4 Å². The van der Waals surface area contributed by atoms with E-state index < -0.39 is 0 Å². The Morgan fingerprint density at radius 2 is 2.39 bits per heavy atom. The number of rotatable bonds is 5. The Morgan fingerprint density at radius 1 is 1.50 bits per heavy atom. The molecule has 1 aliphatic rings. The van der Waals surface area contributed by atoms with Gasteiger partial charge in [0.2, 0.25) is 0 Å². The molecule has 0 bridgehead atoms. The van der Waals surface area contributed by atoms with E-state index in [9.17, 15) is 5.11 Å². The van der Waals surface area contributed by atoms with Crippen LogP contribution in [-0.4, -0.2) is 28.8 Å². The van der Waals surface area contributed by atoms with Crippen LogP contribution in [0.2, 0.25) is 0 Å². The molecule has 18 heavy (non-hydrogen) atoms. The summed E-state index contributed by atoms with van der Waals surface area (Å²) < 4.78 is 0. The first-order valence-electron chi connectivity index (χ1n) is 7.00. The summed E-state index contributed by atoms with van der Waals surface area (Å²) in [6.45, 7) is 3.42. The second kappa shape index (κ2) is 6.30. The van der Waals surface area contributed by atoms with Crippen molar-refractivity contribution in [1.29, 1.82) is 0 Å². The van der Waals surface area contributed by atoms with Gasteiger partial charge in [0.05, 0.1) is 6.61 Å². The van der Waals surface area contributed by atoms with Crippen molar-refractivity contribution in [3.63, 3.8) is 0 Å². The van der Waals surface area contributed by atoms with Crippen molar-refractivity contribution in [2.45, 2.75) is 44.6 Å². The zero-order chi connectivity index (χ0) is 12.8. The van der Waals surface area contributed by atoms with Crippen LogP contribution in [0.1, 0.15) is 38.3 Å². The van der Waals surface area contributed by atoms with Gasteiger partial charge in [-0.3, -0.25) is 4.98 Å². The lowest BCUT2D eigenvalue weighted by Gasteiger charge is -2.39. The number of aliphatic hydroxyl groups is 1. The van der Waals surface area contributed by atoms with Gasteiger partial charge in [0.1, 0.15) is 0 Å². The minimum absolute atomic E-state index is 0.0492. The van der Waals surface area contributed by atoms with Gasteiger partial charge in [0.25, 0.3) is 0 Å². The lowest BCUT2D eigenvalue weighted by atomic mass is 9.77. The van der Waals surface area contributed by atoms with Gasteiger partial charge in [-0.05, 0) is 30.9 Å². The van der Waals surface area contributed by atoms with Gasteiger partial charge in [-0.25, -0.2) is 0 Å². The third-order valence-corrected chi connectivity index (χ3v) is 4.00. The maximum atomic E-state index is 9.68. The third kappa shape index (κ3) is 3.53. The lowest BCUT2D eigenvalue weighted by Crippen LogP contribution is -2.52. The first-order chi connectivity index (χ1) is 8.74. The molecular weight excluding hydrogens is 224 g/mol. The number of hydrogen-bond donors (Lipinski definition) is 2. The summed E-state index contributed by atoms with van der Waals surface area (Å²) in [5, 5.41) is 13.3. The molecule has 1 fully saturated rings. The predicted molar refractivity (Wildman–Crippen MR) is 73.4 cm³/mol. The molecule has 2 rings (SSSR count). The Morgan fingerprint density at radius 3 is 3.06 bits per heavy atom. The summed E-state index contributed by atoms with van der Waals surface area (Å²) in [7, 11) is 0. The summed E-state index contributed by atoms with van der Waals surface area (Å²) in [5.74, 6) is 0.716. The molecule has 0 spiro atoms. The second-order valence-electron chi connectivity index (χ2n) is 5.64. The van der Waals surface area contributed by atoms with Crippen LogP contribution in [0.25, 0.3) is 0 Å². The second-order valence-corrected chi connectivity index (χ2v) is 5.64. The van der Waals surface area contributed by atoms with Crippen molar-refractivity contribution in [2.75, 3.05) is 13.2 Å². The minimum Gasteiger partial charge on any atom is -0.394 e. The number of nitrogens with one attached hydrogen (secondary N) is 1. The van der Waals surface area contributed by atoms with Crippen molar-refractivity contribution in [2.24, 2.45) is 5.92 Å². The molecule has 2 unspecified atom stereocenters. The van der Waals surface area contributed by atoms with Gasteiger partial charge in [-0.1, -0.05) is 25.8 Å². The van der Waals surface area contributed by atoms with Gasteiger partial charge < -0.3 is 10.4 Å². The number of aromatic nitrogens is 1. The molecule has 2 atom stereocenters. The topological polar surface area (TPSA) is 45.1 Å². The molecule has 0 aliphatic heterocycles. The van der Waals surface area contributed by atoms with Crippen LogP contribution in [0.15, 0.2) is 24.4 Å². The van der Waals surface area contributed by atoms with Crippen molar-refractivity contribution < 1.29 is 5.11 Å². The van der Waals surface area contributed by atoms with Crippen LogP contribution in [-0.2, 0) is 6.42 Å². The SMILES string of the molecule is CC1CCCC(CO)(NCCc2ccccn2)C1. The van der Waals surface area contributed by atoms with E-state index in [4.69, 9.17) is 0 Å².